The van der Waals surface area contributed by atoms with Crippen LogP contribution in [0.5, 0.6) is 0 Å². The molecular formula is C12H14F2N2. The molecule has 0 aliphatic carbocycles. The number of rotatable bonds is 4. The average molecular weight is 224 g/mol. The zero-order valence-corrected chi connectivity index (χ0v) is 9.30. The summed E-state index contributed by atoms with van der Waals surface area (Å²) >= 11 is 0. The van der Waals surface area contributed by atoms with Crippen molar-refractivity contribution in [1.82, 2.24) is 5.32 Å². The summed E-state index contributed by atoms with van der Waals surface area (Å²) in [6, 6.07) is 4.44. The van der Waals surface area contributed by atoms with E-state index in [4.69, 9.17) is 5.26 Å². The first-order valence-electron chi connectivity index (χ1n) is 5.12. The van der Waals surface area contributed by atoms with Gasteiger partial charge in [-0.3, -0.25) is 5.32 Å². The van der Waals surface area contributed by atoms with Crippen molar-refractivity contribution in [2.75, 3.05) is 6.54 Å². The summed E-state index contributed by atoms with van der Waals surface area (Å²) < 4.78 is 25.9. The second-order valence-electron chi connectivity index (χ2n) is 4.07. The number of benzene rings is 1. The lowest BCUT2D eigenvalue weighted by Crippen LogP contribution is -2.24. The van der Waals surface area contributed by atoms with Crippen molar-refractivity contribution >= 4 is 0 Å². The molecule has 0 aliphatic heterocycles. The maximum absolute atomic E-state index is 12.9. The fraction of sp³-hybridized carbons (Fsp3) is 0.417. The molecule has 16 heavy (non-hydrogen) atoms. The van der Waals surface area contributed by atoms with E-state index in [-0.39, 0.29) is 0 Å². The van der Waals surface area contributed by atoms with Crippen LogP contribution in [0.4, 0.5) is 8.78 Å². The molecule has 0 aromatic heterocycles. The zero-order valence-electron chi connectivity index (χ0n) is 9.30. The normalized spacial score (nSPS) is 12.5. The quantitative estimate of drug-likeness (QED) is 0.853. The van der Waals surface area contributed by atoms with Gasteiger partial charge < -0.3 is 0 Å². The van der Waals surface area contributed by atoms with Gasteiger partial charge in [0.2, 0.25) is 0 Å². The summed E-state index contributed by atoms with van der Waals surface area (Å²) in [5, 5.41) is 11.9. The van der Waals surface area contributed by atoms with Crippen LogP contribution in [0.25, 0.3) is 0 Å². The predicted molar refractivity (Wildman–Crippen MR) is 57.6 cm³/mol. The first-order valence-corrected chi connectivity index (χ1v) is 5.12. The van der Waals surface area contributed by atoms with E-state index in [2.05, 4.69) is 5.32 Å². The Hall–Kier alpha value is -1.47. The summed E-state index contributed by atoms with van der Waals surface area (Å²) in [5.74, 6) is -0.961. The number of hydrogen-bond donors (Lipinski definition) is 1. The van der Waals surface area contributed by atoms with Crippen LogP contribution in [-0.4, -0.2) is 6.54 Å². The van der Waals surface area contributed by atoms with E-state index in [1.807, 2.05) is 19.9 Å². The van der Waals surface area contributed by atoms with Gasteiger partial charge in [-0.2, -0.15) is 5.26 Å². The third kappa shape index (κ3) is 3.59. The monoisotopic (exact) mass is 224 g/mol. The largest absolute Gasteiger partial charge is 0.298 e. The van der Waals surface area contributed by atoms with Crippen molar-refractivity contribution < 1.29 is 8.78 Å². The van der Waals surface area contributed by atoms with Crippen LogP contribution in [0.3, 0.4) is 0 Å². The van der Waals surface area contributed by atoms with E-state index in [1.54, 1.807) is 0 Å². The SMILES string of the molecule is CC(C)CNC(C#N)c1cc(F)cc(F)c1. The van der Waals surface area contributed by atoms with Crippen molar-refractivity contribution in [2.45, 2.75) is 19.9 Å². The maximum Gasteiger partial charge on any atom is 0.126 e. The molecule has 0 heterocycles. The van der Waals surface area contributed by atoms with Crippen LogP contribution in [-0.2, 0) is 0 Å². The Morgan fingerprint density at radius 3 is 2.25 bits per heavy atom. The lowest BCUT2D eigenvalue weighted by Gasteiger charge is -2.13. The number of nitrogens with zero attached hydrogens (tertiary/aromatic N) is 1. The second-order valence-corrected chi connectivity index (χ2v) is 4.07. The lowest BCUT2D eigenvalue weighted by atomic mass is 10.1. The Kier molecular flexibility index (Phi) is 4.39. The van der Waals surface area contributed by atoms with Gasteiger partial charge in [-0.25, -0.2) is 8.78 Å². The topological polar surface area (TPSA) is 35.8 Å². The van der Waals surface area contributed by atoms with E-state index >= 15 is 0 Å². The highest BCUT2D eigenvalue weighted by Crippen LogP contribution is 2.16. The minimum atomic E-state index is -0.674. The molecule has 1 aromatic rings. The molecule has 1 unspecified atom stereocenters. The molecular weight excluding hydrogens is 210 g/mol. The molecule has 0 radical (unpaired) electrons. The molecule has 0 spiro atoms. The van der Waals surface area contributed by atoms with Crippen molar-refractivity contribution in [1.29, 1.82) is 5.26 Å². The summed E-state index contributed by atoms with van der Waals surface area (Å²) in [6.07, 6.45) is 0. The highest BCUT2D eigenvalue weighted by atomic mass is 19.1. The van der Waals surface area contributed by atoms with Gasteiger partial charge in [0.25, 0.3) is 0 Å². The van der Waals surface area contributed by atoms with Gasteiger partial charge in [-0.15, -0.1) is 0 Å². The molecule has 0 aliphatic rings. The third-order valence-electron chi connectivity index (χ3n) is 2.08. The van der Waals surface area contributed by atoms with Crippen molar-refractivity contribution in [2.24, 2.45) is 5.92 Å². The number of halogens is 2. The molecule has 1 atom stereocenters. The Bertz CT molecular complexity index is 376. The van der Waals surface area contributed by atoms with E-state index in [0.717, 1.165) is 6.07 Å². The van der Waals surface area contributed by atoms with E-state index in [9.17, 15) is 8.78 Å². The fourth-order valence-corrected chi connectivity index (χ4v) is 1.33. The number of nitriles is 1. The van der Waals surface area contributed by atoms with Crippen LogP contribution in [0.2, 0.25) is 0 Å². The molecule has 0 fully saturated rings. The van der Waals surface area contributed by atoms with Gasteiger partial charge in [-0.05, 0) is 30.2 Å². The third-order valence-corrected chi connectivity index (χ3v) is 2.08. The van der Waals surface area contributed by atoms with Gasteiger partial charge in [-0.1, -0.05) is 13.8 Å². The van der Waals surface area contributed by atoms with Gasteiger partial charge >= 0.3 is 0 Å². The lowest BCUT2D eigenvalue weighted by molar-refractivity contribution is 0.518. The summed E-state index contributed by atoms with van der Waals surface area (Å²) in [5.41, 5.74) is 0.320. The Labute approximate surface area is 93.9 Å². The molecule has 0 amide bonds. The molecule has 1 rings (SSSR count). The fourth-order valence-electron chi connectivity index (χ4n) is 1.33. The number of nitrogens with one attached hydrogen (secondary N) is 1. The van der Waals surface area contributed by atoms with Gasteiger partial charge in [0, 0.05) is 6.07 Å². The molecule has 1 aromatic carbocycles. The summed E-state index contributed by atoms with van der Waals surface area (Å²) in [6.45, 7) is 4.61. The van der Waals surface area contributed by atoms with Crippen LogP contribution >= 0.6 is 0 Å². The second kappa shape index (κ2) is 5.57. The highest BCUT2D eigenvalue weighted by Gasteiger charge is 2.12. The Balaban J connectivity index is 2.83. The minimum absolute atomic E-state index is 0.320. The van der Waals surface area contributed by atoms with Crippen molar-refractivity contribution in [3.05, 3.63) is 35.4 Å². The molecule has 2 nitrogen and oxygen atoms in total. The van der Waals surface area contributed by atoms with Crippen LogP contribution < -0.4 is 5.32 Å². The first-order chi connectivity index (χ1) is 7.52. The highest BCUT2D eigenvalue weighted by molar-refractivity contribution is 5.25. The van der Waals surface area contributed by atoms with Gasteiger partial charge in [0.05, 0.1) is 6.07 Å². The minimum Gasteiger partial charge on any atom is -0.298 e. The van der Waals surface area contributed by atoms with Crippen molar-refractivity contribution in [3.63, 3.8) is 0 Å². The molecule has 0 saturated heterocycles. The summed E-state index contributed by atoms with van der Waals surface area (Å²) in [4.78, 5) is 0. The average Bonchev–Trinajstić information content (AvgIpc) is 2.16. The molecule has 1 N–H and O–H groups in total. The molecule has 86 valence electrons. The smallest absolute Gasteiger partial charge is 0.126 e. The van der Waals surface area contributed by atoms with E-state index in [0.29, 0.717) is 18.0 Å². The van der Waals surface area contributed by atoms with Crippen LogP contribution in [0.15, 0.2) is 18.2 Å². The first kappa shape index (κ1) is 12.6. The molecule has 0 saturated carbocycles. The van der Waals surface area contributed by atoms with Crippen LogP contribution in [0, 0.1) is 28.9 Å². The summed E-state index contributed by atoms with van der Waals surface area (Å²) in [7, 11) is 0. The van der Waals surface area contributed by atoms with Crippen LogP contribution in [0.1, 0.15) is 25.5 Å². The zero-order chi connectivity index (χ0) is 12.1. The maximum atomic E-state index is 12.9. The van der Waals surface area contributed by atoms with E-state index in [1.165, 1.54) is 12.1 Å². The Morgan fingerprint density at radius 1 is 1.25 bits per heavy atom. The van der Waals surface area contributed by atoms with E-state index < -0.39 is 17.7 Å². The number of hydrogen-bond acceptors (Lipinski definition) is 2. The van der Waals surface area contributed by atoms with Gasteiger partial charge in [0.15, 0.2) is 0 Å². The van der Waals surface area contributed by atoms with Crippen molar-refractivity contribution in [3.8, 4) is 6.07 Å². The van der Waals surface area contributed by atoms with Gasteiger partial charge in [0.1, 0.15) is 17.7 Å². The molecule has 4 heteroatoms. The molecule has 0 bridgehead atoms. The predicted octanol–water partition coefficient (Wildman–Crippen LogP) is 2.78. The Morgan fingerprint density at radius 2 is 1.81 bits per heavy atom. The standard InChI is InChI=1S/C12H14F2N2/c1-8(2)7-16-12(6-15)9-3-10(13)5-11(14)4-9/h3-5,8,12,16H,7H2,1-2H3.